The number of benzene rings is 1. The molecule has 1 aliphatic heterocycles. The second kappa shape index (κ2) is 6.13. The van der Waals surface area contributed by atoms with E-state index in [9.17, 15) is 4.79 Å². The molecule has 6 heteroatoms. The monoisotopic (exact) mass is 337 g/mol. The molecule has 5 nitrogen and oxygen atoms in total. The predicted molar refractivity (Wildman–Crippen MR) is 95.3 cm³/mol. The number of aliphatic imine (C=N–C) groups is 1. The summed E-state index contributed by atoms with van der Waals surface area (Å²) >= 11 is 1.52. The van der Waals surface area contributed by atoms with E-state index in [1.165, 1.54) is 11.8 Å². The standard InChI is InChI=1S/C18H15N3O2S/c1-11-12-6-2-3-8-15(12)23-16(11)17(22)21-18-20-14(10-24-18)13-7-4-5-9-19-13/h2-9,14H,10H2,1H3,(H,20,21,22). The molecule has 2 aromatic heterocycles. The van der Waals surface area contributed by atoms with Crippen LogP contribution in [0.15, 0.2) is 58.1 Å². The number of furan rings is 1. The minimum atomic E-state index is -0.267. The average molecular weight is 337 g/mol. The Hall–Kier alpha value is -2.60. The van der Waals surface area contributed by atoms with Crippen LogP contribution >= 0.6 is 11.8 Å². The molecule has 0 fully saturated rings. The number of rotatable bonds is 2. The summed E-state index contributed by atoms with van der Waals surface area (Å²) in [5.74, 6) is 0.837. The molecule has 0 saturated heterocycles. The van der Waals surface area contributed by atoms with Gasteiger partial charge in [0.15, 0.2) is 10.9 Å². The molecule has 3 aromatic rings. The van der Waals surface area contributed by atoms with Crippen LogP contribution in [0.5, 0.6) is 0 Å². The predicted octanol–water partition coefficient (Wildman–Crippen LogP) is 3.71. The van der Waals surface area contributed by atoms with Gasteiger partial charge in [-0.15, -0.1) is 0 Å². The first kappa shape index (κ1) is 15.0. The number of nitrogens with one attached hydrogen (secondary N) is 1. The van der Waals surface area contributed by atoms with Crippen molar-refractivity contribution in [2.24, 2.45) is 4.99 Å². The van der Waals surface area contributed by atoms with Gasteiger partial charge in [-0.2, -0.15) is 0 Å². The fourth-order valence-electron chi connectivity index (χ4n) is 2.71. The van der Waals surface area contributed by atoms with E-state index in [1.54, 1.807) is 6.20 Å². The maximum atomic E-state index is 12.5. The number of aryl methyl sites for hydroxylation is 1. The molecular weight excluding hydrogens is 322 g/mol. The SMILES string of the molecule is Cc1c(C(=O)NC2=NC(c3ccccn3)CS2)oc2ccccc12. The van der Waals surface area contributed by atoms with Gasteiger partial charge < -0.3 is 4.42 Å². The number of aromatic nitrogens is 1. The summed E-state index contributed by atoms with van der Waals surface area (Å²) in [6.45, 7) is 1.89. The van der Waals surface area contributed by atoms with Gasteiger partial charge in [0, 0.05) is 22.9 Å². The highest BCUT2D eigenvalue weighted by Gasteiger charge is 2.24. The lowest BCUT2D eigenvalue weighted by molar-refractivity contribution is 0.0952. The molecule has 4 rings (SSSR count). The van der Waals surface area contributed by atoms with Crippen LogP contribution in [-0.4, -0.2) is 21.8 Å². The van der Waals surface area contributed by atoms with Crippen molar-refractivity contribution in [2.75, 3.05) is 5.75 Å². The molecule has 3 heterocycles. The summed E-state index contributed by atoms with van der Waals surface area (Å²) in [4.78, 5) is 21.4. The minimum Gasteiger partial charge on any atom is -0.451 e. The highest BCUT2D eigenvalue weighted by Crippen LogP contribution is 2.29. The molecule has 0 spiro atoms. The van der Waals surface area contributed by atoms with Crippen LogP contribution in [0.3, 0.4) is 0 Å². The Bertz CT molecular complexity index is 934. The van der Waals surface area contributed by atoms with Gasteiger partial charge in [-0.25, -0.2) is 0 Å². The Morgan fingerprint density at radius 3 is 2.88 bits per heavy atom. The summed E-state index contributed by atoms with van der Waals surface area (Å²) in [5.41, 5.74) is 2.47. The molecule has 1 aliphatic rings. The molecule has 120 valence electrons. The van der Waals surface area contributed by atoms with Crippen molar-refractivity contribution >= 4 is 33.8 Å². The van der Waals surface area contributed by atoms with E-state index in [1.807, 2.05) is 49.4 Å². The number of hydrogen-bond donors (Lipinski definition) is 1. The molecule has 0 bridgehead atoms. The lowest BCUT2D eigenvalue weighted by atomic mass is 10.1. The number of pyridine rings is 1. The van der Waals surface area contributed by atoms with Crippen LogP contribution in [0.25, 0.3) is 11.0 Å². The van der Waals surface area contributed by atoms with Gasteiger partial charge in [0.25, 0.3) is 5.91 Å². The molecule has 0 aliphatic carbocycles. The first-order valence-corrected chi connectivity index (χ1v) is 8.62. The van der Waals surface area contributed by atoms with Crippen molar-refractivity contribution in [1.29, 1.82) is 0 Å². The maximum absolute atomic E-state index is 12.5. The average Bonchev–Trinajstić information content (AvgIpc) is 3.21. The van der Waals surface area contributed by atoms with Crippen LogP contribution in [0.1, 0.15) is 27.9 Å². The van der Waals surface area contributed by atoms with E-state index >= 15 is 0 Å². The summed E-state index contributed by atoms with van der Waals surface area (Å²) in [5, 5.41) is 4.41. The second-order valence-electron chi connectivity index (χ2n) is 5.52. The van der Waals surface area contributed by atoms with E-state index in [-0.39, 0.29) is 11.9 Å². The fourth-order valence-corrected chi connectivity index (χ4v) is 3.64. The third-order valence-corrected chi connectivity index (χ3v) is 4.91. The highest BCUT2D eigenvalue weighted by molar-refractivity contribution is 8.14. The molecule has 1 unspecified atom stereocenters. The Labute approximate surface area is 143 Å². The van der Waals surface area contributed by atoms with E-state index < -0.39 is 0 Å². The molecule has 0 saturated carbocycles. The molecule has 0 radical (unpaired) electrons. The number of amidine groups is 1. The van der Waals surface area contributed by atoms with Gasteiger partial charge in [-0.3, -0.25) is 20.1 Å². The summed E-state index contributed by atoms with van der Waals surface area (Å²) in [6, 6.07) is 13.4. The molecular formula is C18H15N3O2S. The third kappa shape index (κ3) is 2.69. The number of carbonyl (C=O) groups excluding carboxylic acids is 1. The van der Waals surface area contributed by atoms with Gasteiger partial charge in [-0.05, 0) is 25.1 Å². The zero-order valence-corrected chi connectivity index (χ0v) is 13.8. The van der Waals surface area contributed by atoms with Crippen molar-refractivity contribution in [3.8, 4) is 0 Å². The Morgan fingerprint density at radius 1 is 1.25 bits per heavy atom. The third-order valence-electron chi connectivity index (χ3n) is 3.95. The van der Waals surface area contributed by atoms with Crippen molar-refractivity contribution in [1.82, 2.24) is 10.3 Å². The van der Waals surface area contributed by atoms with E-state index in [0.29, 0.717) is 16.5 Å². The summed E-state index contributed by atoms with van der Waals surface area (Å²) < 4.78 is 5.69. The maximum Gasteiger partial charge on any atom is 0.293 e. The van der Waals surface area contributed by atoms with Crippen molar-refractivity contribution in [3.05, 3.63) is 65.7 Å². The van der Waals surface area contributed by atoms with E-state index in [0.717, 1.165) is 22.4 Å². The van der Waals surface area contributed by atoms with Gasteiger partial charge in [0.2, 0.25) is 0 Å². The summed E-state index contributed by atoms with van der Waals surface area (Å²) in [7, 11) is 0. The molecule has 1 amide bonds. The van der Waals surface area contributed by atoms with Crippen LogP contribution in [-0.2, 0) is 0 Å². The molecule has 1 aromatic carbocycles. The van der Waals surface area contributed by atoms with E-state index in [2.05, 4.69) is 15.3 Å². The number of amides is 1. The number of carbonyl (C=O) groups is 1. The number of para-hydroxylation sites is 1. The first-order chi connectivity index (χ1) is 11.7. The number of thioether (sulfide) groups is 1. The van der Waals surface area contributed by atoms with E-state index in [4.69, 9.17) is 4.42 Å². The lowest BCUT2D eigenvalue weighted by Gasteiger charge is -2.03. The Kier molecular flexibility index (Phi) is 3.82. The first-order valence-electron chi connectivity index (χ1n) is 7.63. The van der Waals surface area contributed by atoms with Crippen molar-refractivity contribution in [3.63, 3.8) is 0 Å². The largest absolute Gasteiger partial charge is 0.451 e. The zero-order valence-electron chi connectivity index (χ0n) is 13.0. The van der Waals surface area contributed by atoms with Gasteiger partial charge in [-0.1, -0.05) is 36.0 Å². The van der Waals surface area contributed by atoms with Crippen molar-refractivity contribution in [2.45, 2.75) is 13.0 Å². The Morgan fingerprint density at radius 2 is 2.08 bits per heavy atom. The minimum absolute atomic E-state index is 0.0247. The van der Waals surface area contributed by atoms with Crippen LogP contribution in [0.2, 0.25) is 0 Å². The quantitative estimate of drug-likeness (QED) is 0.774. The molecule has 24 heavy (non-hydrogen) atoms. The Balaban J connectivity index is 1.55. The normalized spacial score (nSPS) is 17.0. The number of nitrogens with zero attached hydrogens (tertiary/aromatic N) is 2. The number of fused-ring (bicyclic) bond motifs is 1. The second-order valence-corrected chi connectivity index (χ2v) is 6.53. The van der Waals surface area contributed by atoms with Gasteiger partial charge in [0.05, 0.1) is 5.69 Å². The zero-order chi connectivity index (χ0) is 16.5. The van der Waals surface area contributed by atoms with Crippen LogP contribution < -0.4 is 5.32 Å². The van der Waals surface area contributed by atoms with Crippen molar-refractivity contribution < 1.29 is 9.21 Å². The molecule has 1 atom stereocenters. The lowest BCUT2D eigenvalue weighted by Crippen LogP contribution is -2.27. The summed E-state index contributed by atoms with van der Waals surface area (Å²) in [6.07, 6.45) is 1.75. The van der Waals surface area contributed by atoms with Crippen LogP contribution in [0.4, 0.5) is 0 Å². The highest BCUT2D eigenvalue weighted by atomic mass is 32.2. The fraction of sp³-hybridized carbons (Fsp3) is 0.167. The molecule has 1 N–H and O–H groups in total. The van der Waals surface area contributed by atoms with Gasteiger partial charge >= 0.3 is 0 Å². The number of hydrogen-bond acceptors (Lipinski definition) is 5. The van der Waals surface area contributed by atoms with Crippen LogP contribution in [0, 0.1) is 6.92 Å². The topological polar surface area (TPSA) is 67.5 Å². The van der Waals surface area contributed by atoms with Gasteiger partial charge in [0.1, 0.15) is 11.6 Å². The smallest absolute Gasteiger partial charge is 0.293 e.